The van der Waals surface area contributed by atoms with Gasteiger partial charge in [-0.25, -0.2) is 0 Å². The van der Waals surface area contributed by atoms with E-state index in [9.17, 15) is 0 Å². The van der Waals surface area contributed by atoms with Gasteiger partial charge in [-0.3, -0.25) is 0 Å². The molecule has 0 radical (unpaired) electrons. The molecule has 0 amide bonds. The Hall–Kier alpha value is -4.72. The van der Waals surface area contributed by atoms with Gasteiger partial charge >= 0.3 is 0 Å². The zero-order valence-electron chi connectivity index (χ0n) is 27.5. The fourth-order valence-electron chi connectivity index (χ4n) is 6.59. The van der Waals surface area contributed by atoms with Gasteiger partial charge in [0, 0.05) is 42.3 Å². The van der Waals surface area contributed by atoms with Crippen molar-refractivity contribution in [2.45, 2.75) is 41.5 Å². The Morgan fingerprint density at radius 3 is 1.21 bits per heavy atom. The van der Waals surface area contributed by atoms with E-state index in [1.165, 1.54) is 33.4 Å². The van der Waals surface area contributed by atoms with Crippen LogP contribution in [-0.2, 0) is 19.8 Å². The van der Waals surface area contributed by atoms with Gasteiger partial charge in [-0.05, 0) is 88.1 Å². The second kappa shape index (κ2) is 13.2. The Balaban J connectivity index is 0.00000386. The Labute approximate surface area is 291 Å². The van der Waals surface area contributed by atoms with Crippen molar-refractivity contribution in [1.82, 2.24) is 0 Å². The third-order valence-corrected chi connectivity index (χ3v) is 8.44. The van der Waals surface area contributed by atoms with E-state index >= 15 is 0 Å². The van der Waals surface area contributed by atoms with Crippen molar-refractivity contribution >= 4 is 34.4 Å². The average Bonchev–Trinajstić information content (AvgIpc) is 3.67. The minimum Gasteiger partial charge on any atom is -0.456 e. The summed E-state index contributed by atoms with van der Waals surface area (Å²) in [4.78, 5) is 4.31. The standard InChI is InChI=1S/C40H37N6.Os/c1-27-20-29(3)37(30(4)21-27)39-41-45(25-43(39)33-14-9-7-10-15-33)35-18-13-19-36(24-35)46-26-44(34-16-11-8-12-17-34)40(42-46)38-31(5)22-28(2)23-32(38)6;/h7-23,25-26H,1-6H3;/q-3;. The number of rotatable bonds is 6. The van der Waals surface area contributed by atoms with Crippen molar-refractivity contribution in [3.05, 3.63) is 167 Å². The van der Waals surface area contributed by atoms with Crippen LogP contribution in [0.2, 0.25) is 0 Å². The maximum atomic E-state index is 5.18. The molecule has 5 aromatic carbocycles. The Morgan fingerprint density at radius 1 is 0.489 bits per heavy atom. The van der Waals surface area contributed by atoms with Crippen LogP contribution in [0.5, 0.6) is 0 Å². The molecule has 0 fully saturated rings. The minimum atomic E-state index is 0. The average molecular weight is 792 g/mol. The quantitative estimate of drug-likeness (QED) is 0.161. The number of hydrogen-bond acceptors (Lipinski definition) is 6. The Morgan fingerprint density at radius 2 is 0.851 bits per heavy atom. The monoisotopic (exact) mass is 793 g/mol. The first-order valence-electron chi connectivity index (χ1n) is 15.6. The minimum absolute atomic E-state index is 0. The number of para-hydroxylation sites is 2. The van der Waals surface area contributed by atoms with Crippen LogP contribution in [0.25, 0.3) is 0 Å². The smallest absolute Gasteiger partial charge is 0.130 e. The van der Waals surface area contributed by atoms with Crippen molar-refractivity contribution in [3.8, 4) is 0 Å². The van der Waals surface area contributed by atoms with Crippen molar-refractivity contribution in [3.63, 3.8) is 0 Å². The van der Waals surface area contributed by atoms with Crippen molar-refractivity contribution < 1.29 is 19.8 Å². The SMILES string of the molecule is Cc1cc(C)c(C2=NN(c3[c-]c(N4[CH-]N(c5ccccc5)C(c5c(C)cc(C)cc5C)=N4)ccc3)[CH-]N2c2ccccc2)c(C)c1.[Os]. The van der Waals surface area contributed by atoms with E-state index in [0.29, 0.717) is 0 Å². The molecular weight excluding hydrogens is 755 g/mol. The van der Waals surface area contributed by atoms with E-state index in [-0.39, 0.29) is 19.8 Å². The third kappa shape index (κ3) is 6.21. The van der Waals surface area contributed by atoms with Crippen LogP contribution in [-0.4, -0.2) is 11.7 Å². The molecule has 0 bridgehead atoms. The molecule has 0 atom stereocenters. The summed E-state index contributed by atoms with van der Waals surface area (Å²) in [6.07, 6.45) is 0. The van der Waals surface area contributed by atoms with Gasteiger partial charge in [0.2, 0.25) is 0 Å². The molecule has 7 rings (SSSR count). The van der Waals surface area contributed by atoms with Crippen molar-refractivity contribution in [2.75, 3.05) is 19.8 Å². The summed E-state index contributed by atoms with van der Waals surface area (Å²) in [6.45, 7) is 17.0. The summed E-state index contributed by atoms with van der Waals surface area (Å²) >= 11 is 0. The summed E-state index contributed by atoms with van der Waals surface area (Å²) in [5.74, 6) is 1.77. The fraction of sp³-hybridized carbons (Fsp3) is 0.150. The molecule has 0 unspecified atom stereocenters. The molecule has 0 saturated carbocycles. The number of anilines is 4. The van der Waals surface area contributed by atoms with Crippen LogP contribution in [0.1, 0.15) is 44.5 Å². The zero-order valence-corrected chi connectivity index (χ0v) is 30.0. The first kappa shape index (κ1) is 32.2. The van der Waals surface area contributed by atoms with Crippen molar-refractivity contribution in [1.29, 1.82) is 0 Å². The molecule has 238 valence electrons. The molecule has 2 aliphatic heterocycles. The van der Waals surface area contributed by atoms with Crippen LogP contribution < -0.4 is 19.8 Å². The molecule has 0 N–H and O–H groups in total. The van der Waals surface area contributed by atoms with E-state index in [1.807, 2.05) is 53.7 Å². The van der Waals surface area contributed by atoms with Crippen LogP contribution >= 0.6 is 0 Å². The molecule has 0 aliphatic carbocycles. The largest absolute Gasteiger partial charge is 0.456 e. The van der Waals surface area contributed by atoms with Gasteiger partial charge in [-0.1, -0.05) is 83.2 Å². The Kier molecular flexibility index (Phi) is 9.04. The number of hydrazone groups is 2. The second-order valence-electron chi connectivity index (χ2n) is 12.1. The summed E-state index contributed by atoms with van der Waals surface area (Å²) in [5.41, 5.74) is 13.3. The van der Waals surface area contributed by atoms with Crippen LogP contribution in [0.3, 0.4) is 0 Å². The predicted molar refractivity (Wildman–Crippen MR) is 191 cm³/mol. The molecule has 0 aromatic heterocycles. The second-order valence-corrected chi connectivity index (χ2v) is 12.1. The number of amidine groups is 2. The van der Waals surface area contributed by atoms with Gasteiger partial charge in [0.15, 0.2) is 0 Å². The van der Waals surface area contributed by atoms with E-state index in [0.717, 1.165) is 45.5 Å². The summed E-state index contributed by atoms with van der Waals surface area (Å²) in [5, 5.41) is 14.2. The van der Waals surface area contributed by atoms with Crippen LogP contribution in [0, 0.1) is 60.9 Å². The summed E-state index contributed by atoms with van der Waals surface area (Å²) in [7, 11) is 0. The number of hydrogen-bond donors (Lipinski definition) is 0. The topological polar surface area (TPSA) is 37.7 Å². The van der Waals surface area contributed by atoms with E-state index in [1.54, 1.807) is 0 Å². The number of aryl methyl sites for hydroxylation is 6. The van der Waals surface area contributed by atoms with Gasteiger partial charge in [0.1, 0.15) is 11.7 Å². The van der Waals surface area contributed by atoms with E-state index < -0.39 is 0 Å². The van der Waals surface area contributed by atoms with E-state index in [4.69, 9.17) is 10.2 Å². The fourth-order valence-corrected chi connectivity index (χ4v) is 6.59. The molecule has 5 aromatic rings. The third-order valence-electron chi connectivity index (χ3n) is 8.44. The van der Waals surface area contributed by atoms with Gasteiger partial charge in [0.25, 0.3) is 0 Å². The molecule has 7 heteroatoms. The first-order chi connectivity index (χ1) is 22.3. The summed E-state index contributed by atoms with van der Waals surface area (Å²) in [6, 6.07) is 39.3. The van der Waals surface area contributed by atoms with Gasteiger partial charge < -0.3 is 19.8 Å². The zero-order chi connectivity index (χ0) is 31.9. The van der Waals surface area contributed by atoms with Crippen LogP contribution in [0.15, 0.2) is 113 Å². The number of nitrogens with zero attached hydrogens (tertiary/aromatic N) is 6. The van der Waals surface area contributed by atoms with Gasteiger partial charge in [-0.2, -0.15) is 16.3 Å². The molecule has 2 aliphatic rings. The summed E-state index contributed by atoms with van der Waals surface area (Å²) < 4.78 is 0. The van der Waals surface area contributed by atoms with E-state index in [2.05, 4.69) is 130 Å². The number of benzene rings is 5. The molecule has 0 spiro atoms. The predicted octanol–water partition coefficient (Wildman–Crippen LogP) is 8.95. The van der Waals surface area contributed by atoms with Crippen LogP contribution in [0.4, 0.5) is 22.7 Å². The Bertz CT molecular complexity index is 1800. The molecule has 0 saturated heterocycles. The molecular formula is C40H37N6Os-3. The van der Waals surface area contributed by atoms with Crippen molar-refractivity contribution in [2.24, 2.45) is 10.2 Å². The maximum Gasteiger partial charge on any atom is 0.130 e. The molecule has 6 nitrogen and oxygen atoms in total. The first-order valence-corrected chi connectivity index (χ1v) is 15.6. The maximum absolute atomic E-state index is 5.18. The van der Waals surface area contributed by atoms with Gasteiger partial charge in [-0.15, -0.1) is 31.5 Å². The molecule has 2 heterocycles. The van der Waals surface area contributed by atoms with Gasteiger partial charge in [0.05, 0.1) is 0 Å². The normalized spacial score (nSPS) is 14.3. The molecule has 47 heavy (non-hydrogen) atoms.